The summed E-state index contributed by atoms with van der Waals surface area (Å²) in [6, 6.07) is 10.3. The maximum absolute atomic E-state index is 6.44. The predicted molar refractivity (Wildman–Crippen MR) is 69.1 cm³/mol. The Kier molecular flexibility index (Phi) is 7.63. The van der Waals surface area contributed by atoms with Gasteiger partial charge < -0.3 is 0 Å². The number of nitrogens with one attached hydrogen (secondary N) is 1. The van der Waals surface area contributed by atoms with Crippen LogP contribution < -0.4 is 0 Å². The molecule has 1 radical (unpaired) electrons. The van der Waals surface area contributed by atoms with Gasteiger partial charge in [-0.2, -0.15) is 0 Å². The second-order valence-corrected chi connectivity index (χ2v) is 5.22. The summed E-state index contributed by atoms with van der Waals surface area (Å²) >= 11 is 5.52. The molecule has 4 heteroatoms. The van der Waals surface area contributed by atoms with E-state index in [0.29, 0.717) is 4.61 Å². The molecule has 0 fully saturated rings. The van der Waals surface area contributed by atoms with E-state index in [2.05, 4.69) is 48.6 Å². The van der Waals surface area contributed by atoms with E-state index in [1.807, 2.05) is 32.3 Å². The summed E-state index contributed by atoms with van der Waals surface area (Å²) in [5.41, 5.74) is 1.23. The van der Waals surface area contributed by atoms with Gasteiger partial charge in [0.25, 0.3) is 0 Å². The molecule has 15 heavy (non-hydrogen) atoms. The fourth-order valence-corrected chi connectivity index (χ4v) is 1.12. The van der Waals surface area contributed by atoms with Crippen molar-refractivity contribution in [2.75, 3.05) is 14.1 Å². The number of benzene rings is 1. The van der Waals surface area contributed by atoms with Gasteiger partial charge in [0.1, 0.15) is 0 Å². The van der Waals surface area contributed by atoms with Crippen LogP contribution in [0.2, 0.25) is 0 Å². The third-order valence-corrected chi connectivity index (χ3v) is 2.69. The molecule has 0 aliphatic rings. The molecule has 0 bridgehead atoms. The first-order valence-electron chi connectivity index (χ1n) is 4.44. The van der Waals surface area contributed by atoms with Crippen LogP contribution in [0.3, 0.4) is 0 Å². The maximum atomic E-state index is 6.44. The summed E-state index contributed by atoms with van der Waals surface area (Å²) in [5, 5.41) is 6.44. The average Bonchev–Trinajstić information content (AvgIpc) is 2.17. The Morgan fingerprint density at radius 3 is 1.93 bits per heavy atom. The normalized spacial score (nSPS) is 8.47. The molecule has 1 aromatic rings. The molecule has 0 unspecified atom stereocenters. The van der Waals surface area contributed by atoms with E-state index in [9.17, 15) is 0 Å². The summed E-state index contributed by atoms with van der Waals surface area (Å²) in [7, 11) is 4.05. The first-order valence-corrected chi connectivity index (χ1v) is 6.15. The fraction of sp³-hybridized carbons (Fsp3) is 0.273. The first kappa shape index (κ1) is 14.6. The fourth-order valence-electron chi connectivity index (χ4n) is 0.839. The van der Waals surface area contributed by atoms with Crippen LogP contribution in [0, 0.1) is 5.41 Å². The summed E-state index contributed by atoms with van der Waals surface area (Å²) in [5.74, 6) is 0. The second kappa shape index (κ2) is 7.83. The third-order valence-electron chi connectivity index (χ3n) is 1.43. The SMILES string of the molecule is CC(=N)[Se].CN(C)C(=[Se])c1ccccc1. The molecule has 0 spiro atoms. The van der Waals surface area contributed by atoms with Gasteiger partial charge in [0.15, 0.2) is 0 Å². The van der Waals surface area contributed by atoms with E-state index in [-0.39, 0.29) is 0 Å². The van der Waals surface area contributed by atoms with E-state index in [0.717, 1.165) is 0 Å². The van der Waals surface area contributed by atoms with Gasteiger partial charge in [-0.3, -0.25) is 0 Å². The quantitative estimate of drug-likeness (QED) is 0.636. The van der Waals surface area contributed by atoms with Crippen LogP contribution in [0.4, 0.5) is 0 Å². The van der Waals surface area contributed by atoms with Gasteiger partial charge in [-0.25, -0.2) is 0 Å². The van der Waals surface area contributed by atoms with E-state index < -0.39 is 0 Å². The van der Waals surface area contributed by atoms with E-state index in [1.165, 1.54) is 10.1 Å². The molecule has 0 saturated heterocycles. The number of hydrogen-bond donors (Lipinski definition) is 1. The van der Waals surface area contributed by atoms with Crippen molar-refractivity contribution < 1.29 is 0 Å². The van der Waals surface area contributed by atoms with Crippen molar-refractivity contribution in [1.82, 2.24) is 4.90 Å². The topological polar surface area (TPSA) is 27.1 Å². The van der Waals surface area contributed by atoms with Crippen LogP contribution in [-0.2, 0) is 0 Å². The van der Waals surface area contributed by atoms with Crippen LogP contribution in [0.5, 0.6) is 0 Å². The summed E-state index contributed by atoms with van der Waals surface area (Å²) in [6.07, 6.45) is 0. The van der Waals surface area contributed by atoms with Gasteiger partial charge in [0.05, 0.1) is 0 Å². The van der Waals surface area contributed by atoms with Crippen molar-refractivity contribution in [3.8, 4) is 0 Å². The Morgan fingerprint density at radius 2 is 1.60 bits per heavy atom. The van der Waals surface area contributed by atoms with Crippen LogP contribution in [0.15, 0.2) is 30.3 Å². The van der Waals surface area contributed by atoms with Gasteiger partial charge in [-0.1, -0.05) is 0 Å². The number of nitrogens with zero attached hydrogens (tertiary/aromatic N) is 1. The standard InChI is InChI=1S/C9H11NSe.C2H4NSe/c1-10(2)9(11)8-6-4-3-5-7-8;1-2(3)4/h3-7H,1-2H3;3H,1H3. The summed E-state index contributed by atoms with van der Waals surface area (Å²) < 4.78 is 1.71. The number of rotatable bonds is 2. The molecule has 2 nitrogen and oxygen atoms in total. The molecule has 0 aliphatic carbocycles. The Balaban J connectivity index is 0.000000423. The molecule has 1 rings (SSSR count). The zero-order valence-corrected chi connectivity index (χ0v) is 12.6. The average molecular weight is 333 g/mol. The Hall–Kier alpha value is -0.401. The Morgan fingerprint density at radius 1 is 1.20 bits per heavy atom. The van der Waals surface area contributed by atoms with Crippen LogP contribution >= 0.6 is 0 Å². The minimum atomic E-state index is 0.542. The molecule has 0 amide bonds. The first-order chi connectivity index (χ1) is 6.95. The van der Waals surface area contributed by atoms with Crippen LogP contribution in [-0.4, -0.2) is 59.7 Å². The molecular weight excluding hydrogens is 318 g/mol. The van der Waals surface area contributed by atoms with Crippen molar-refractivity contribution in [3.63, 3.8) is 0 Å². The van der Waals surface area contributed by atoms with Crippen molar-refractivity contribution in [3.05, 3.63) is 35.9 Å². The molecular formula is C11H15N2Se2. The van der Waals surface area contributed by atoms with Crippen LogP contribution in [0.25, 0.3) is 0 Å². The van der Waals surface area contributed by atoms with Gasteiger partial charge >= 0.3 is 108 Å². The van der Waals surface area contributed by atoms with Crippen molar-refractivity contribution in [2.45, 2.75) is 6.92 Å². The molecule has 0 aliphatic heterocycles. The summed E-state index contributed by atoms with van der Waals surface area (Å²) in [4.78, 5) is 2.06. The van der Waals surface area contributed by atoms with Crippen LogP contribution in [0.1, 0.15) is 12.5 Å². The zero-order valence-electron chi connectivity index (χ0n) is 9.15. The molecule has 1 N–H and O–H groups in total. The van der Waals surface area contributed by atoms with Gasteiger partial charge in [0.2, 0.25) is 0 Å². The number of hydrogen-bond acceptors (Lipinski definition) is 2. The van der Waals surface area contributed by atoms with Gasteiger partial charge in [-0.15, -0.1) is 0 Å². The predicted octanol–water partition coefficient (Wildman–Crippen LogP) is 1.05. The minimum absolute atomic E-state index is 0.542. The van der Waals surface area contributed by atoms with Gasteiger partial charge in [0, 0.05) is 0 Å². The molecule has 0 atom stereocenters. The van der Waals surface area contributed by atoms with Crippen molar-refractivity contribution >= 4 is 40.7 Å². The van der Waals surface area contributed by atoms with E-state index in [4.69, 9.17) is 5.41 Å². The molecule has 0 heterocycles. The zero-order chi connectivity index (χ0) is 11.8. The molecule has 0 aromatic heterocycles. The van der Waals surface area contributed by atoms with Crippen molar-refractivity contribution in [1.29, 1.82) is 5.41 Å². The molecule has 1 aromatic carbocycles. The van der Waals surface area contributed by atoms with E-state index in [1.54, 1.807) is 6.92 Å². The van der Waals surface area contributed by atoms with Gasteiger partial charge in [-0.05, 0) is 0 Å². The van der Waals surface area contributed by atoms with E-state index >= 15 is 0 Å². The molecule has 81 valence electrons. The second-order valence-electron chi connectivity index (χ2n) is 3.12. The third kappa shape index (κ3) is 7.52. The summed E-state index contributed by atoms with van der Waals surface area (Å²) in [6.45, 7) is 1.69. The Labute approximate surface area is 108 Å². The monoisotopic (exact) mass is 335 g/mol. The van der Waals surface area contributed by atoms with Crippen molar-refractivity contribution in [2.24, 2.45) is 0 Å². The molecule has 0 saturated carbocycles. The Bertz CT molecular complexity index is 317.